The molecule has 0 bridgehead atoms. The molecule has 2 amide bonds. The van der Waals surface area contributed by atoms with Crippen molar-refractivity contribution in [2.45, 2.75) is 13.5 Å². The van der Waals surface area contributed by atoms with Crippen LogP contribution >= 0.6 is 22.9 Å². The molecule has 1 fully saturated rings. The third kappa shape index (κ3) is 5.19. The van der Waals surface area contributed by atoms with Crippen molar-refractivity contribution >= 4 is 39.6 Å². The highest BCUT2D eigenvalue weighted by Gasteiger charge is 2.22. The van der Waals surface area contributed by atoms with E-state index in [9.17, 15) is 14.0 Å². The van der Waals surface area contributed by atoms with Crippen LogP contribution in [0.3, 0.4) is 0 Å². The molecule has 8 nitrogen and oxygen atoms in total. The maximum atomic E-state index is 13.2. The fraction of sp³-hybridized carbons (Fsp3) is 0.250. The zero-order valence-electron chi connectivity index (χ0n) is 18.9. The molecule has 11 heteroatoms. The van der Waals surface area contributed by atoms with E-state index in [1.165, 1.54) is 34.1 Å². The van der Waals surface area contributed by atoms with Gasteiger partial charge < -0.3 is 10.2 Å². The second-order valence-electron chi connectivity index (χ2n) is 8.35. The first-order valence-electron chi connectivity index (χ1n) is 11.1. The van der Waals surface area contributed by atoms with Gasteiger partial charge in [-0.15, -0.1) is 0 Å². The number of amides is 2. The number of carbonyl (C=O) groups excluding carboxylic acids is 1. The normalized spacial score (nSPS) is 14.4. The van der Waals surface area contributed by atoms with E-state index >= 15 is 0 Å². The average Bonchev–Trinajstić information content (AvgIpc) is 3.27. The van der Waals surface area contributed by atoms with Crippen LogP contribution in [0, 0.1) is 12.7 Å². The minimum absolute atomic E-state index is 0.166. The topological polar surface area (TPSA) is 82.8 Å². The Labute approximate surface area is 209 Å². The van der Waals surface area contributed by atoms with Gasteiger partial charge in [0.05, 0.1) is 5.69 Å². The summed E-state index contributed by atoms with van der Waals surface area (Å²) in [6, 6.07) is 12.7. The number of rotatable bonds is 4. The summed E-state index contributed by atoms with van der Waals surface area (Å²) in [6.45, 7) is 4.84. The van der Waals surface area contributed by atoms with Crippen molar-refractivity contribution in [1.82, 2.24) is 24.4 Å². The fourth-order valence-electron chi connectivity index (χ4n) is 3.86. The number of fused-ring (bicyclic) bond motifs is 1. The lowest BCUT2D eigenvalue weighted by atomic mass is 10.2. The van der Waals surface area contributed by atoms with E-state index in [1.807, 2.05) is 19.1 Å². The number of carbonyl (C=O) groups is 1. The predicted molar refractivity (Wildman–Crippen MR) is 135 cm³/mol. The van der Waals surface area contributed by atoms with E-state index in [-0.39, 0.29) is 17.4 Å². The molecule has 0 aliphatic carbocycles. The number of hydrogen-bond acceptors (Lipinski definition) is 6. The summed E-state index contributed by atoms with van der Waals surface area (Å²) in [5.74, 6) is -0.329. The van der Waals surface area contributed by atoms with E-state index in [1.54, 1.807) is 23.1 Å². The molecule has 2 aromatic carbocycles. The van der Waals surface area contributed by atoms with Crippen LogP contribution in [-0.4, -0.2) is 56.6 Å². The molecule has 0 spiro atoms. The minimum atomic E-state index is -0.329. The van der Waals surface area contributed by atoms with E-state index in [0.29, 0.717) is 59.1 Å². The number of aromatic nitrogens is 3. The Balaban J connectivity index is 1.22. The molecule has 1 aliphatic heterocycles. The van der Waals surface area contributed by atoms with Gasteiger partial charge in [-0.1, -0.05) is 29.0 Å². The summed E-state index contributed by atoms with van der Waals surface area (Å²) in [5, 5.41) is 8.44. The summed E-state index contributed by atoms with van der Waals surface area (Å²) < 4.78 is 14.5. The molecule has 1 N–H and O–H groups in total. The molecule has 180 valence electrons. The molecule has 1 aliphatic rings. The number of aryl methyl sites for hydroxylation is 1. The Hall–Kier alpha value is -3.34. The first-order valence-corrected chi connectivity index (χ1v) is 12.3. The summed E-state index contributed by atoms with van der Waals surface area (Å²) in [5.41, 5.74) is 2.73. The van der Waals surface area contributed by atoms with Crippen molar-refractivity contribution in [3.63, 3.8) is 0 Å². The second-order valence-corrected chi connectivity index (χ2v) is 9.71. The monoisotopic (exact) mass is 512 g/mol. The molecule has 1 saturated heterocycles. The maximum absolute atomic E-state index is 13.2. The predicted octanol–water partition coefficient (Wildman–Crippen LogP) is 4.27. The number of nitrogens with zero attached hydrogens (tertiary/aromatic N) is 5. The minimum Gasteiger partial charge on any atom is -0.322 e. The molecule has 0 saturated carbocycles. The van der Waals surface area contributed by atoms with Crippen molar-refractivity contribution in [3.05, 3.63) is 81.0 Å². The second kappa shape index (κ2) is 9.73. The van der Waals surface area contributed by atoms with Crippen molar-refractivity contribution in [3.8, 4) is 10.6 Å². The lowest BCUT2D eigenvalue weighted by Crippen LogP contribution is -2.49. The lowest BCUT2D eigenvalue weighted by Gasteiger charge is -2.34. The number of nitrogens with one attached hydrogen (secondary N) is 1. The number of halogens is 2. The summed E-state index contributed by atoms with van der Waals surface area (Å²) in [7, 11) is 0. The van der Waals surface area contributed by atoms with Crippen LogP contribution in [0.4, 0.5) is 14.9 Å². The number of hydrogen-bond donors (Lipinski definition) is 1. The summed E-state index contributed by atoms with van der Waals surface area (Å²) in [4.78, 5) is 34.3. The van der Waals surface area contributed by atoms with Crippen LogP contribution in [0.1, 0.15) is 11.3 Å². The van der Waals surface area contributed by atoms with Crippen LogP contribution in [-0.2, 0) is 6.54 Å². The highest BCUT2D eigenvalue weighted by molar-refractivity contribution is 7.19. The summed E-state index contributed by atoms with van der Waals surface area (Å²) in [6.07, 6.45) is 0. The number of piperazine rings is 1. The van der Waals surface area contributed by atoms with Crippen LogP contribution in [0.15, 0.2) is 53.3 Å². The van der Waals surface area contributed by atoms with E-state index < -0.39 is 0 Å². The highest BCUT2D eigenvalue weighted by atomic mass is 35.5. The number of urea groups is 1. The van der Waals surface area contributed by atoms with Gasteiger partial charge in [-0.05, 0) is 48.9 Å². The summed E-state index contributed by atoms with van der Waals surface area (Å²) >= 11 is 7.43. The SMILES string of the molecule is Cc1ccc(NC(=O)N2CCN(Cc3cc(=O)n4nc(-c5ccc(F)cc5)sc4n3)CC2)cc1Cl. The lowest BCUT2D eigenvalue weighted by molar-refractivity contribution is 0.142. The Morgan fingerprint density at radius 1 is 1.11 bits per heavy atom. The molecule has 3 heterocycles. The van der Waals surface area contributed by atoms with Gasteiger partial charge in [-0.25, -0.2) is 14.2 Å². The highest BCUT2D eigenvalue weighted by Crippen LogP contribution is 2.25. The van der Waals surface area contributed by atoms with Gasteiger partial charge in [0.2, 0.25) is 4.96 Å². The molecular weight excluding hydrogens is 491 g/mol. The molecular formula is C24H22ClFN6O2S. The zero-order chi connectivity index (χ0) is 24.5. The van der Waals surface area contributed by atoms with Gasteiger partial charge in [-0.3, -0.25) is 9.69 Å². The van der Waals surface area contributed by atoms with Crippen LogP contribution in [0.2, 0.25) is 5.02 Å². The third-order valence-corrected chi connectivity index (χ3v) is 7.22. The molecule has 35 heavy (non-hydrogen) atoms. The smallest absolute Gasteiger partial charge is 0.321 e. The first kappa shape index (κ1) is 23.4. The maximum Gasteiger partial charge on any atom is 0.321 e. The van der Waals surface area contributed by atoms with Crippen LogP contribution < -0.4 is 10.9 Å². The largest absolute Gasteiger partial charge is 0.322 e. The number of anilines is 1. The average molecular weight is 513 g/mol. The van der Waals surface area contributed by atoms with Crippen molar-refractivity contribution in [1.29, 1.82) is 0 Å². The van der Waals surface area contributed by atoms with Crippen molar-refractivity contribution in [2.75, 3.05) is 31.5 Å². The quantitative estimate of drug-likeness (QED) is 0.441. The van der Waals surface area contributed by atoms with Crippen molar-refractivity contribution in [2.24, 2.45) is 0 Å². The van der Waals surface area contributed by atoms with Crippen molar-refractivity contribution < 1.29 is 9.18 Å². The Morgan fingerprint density at radius 3 is 2.57 bits per heavy atom. The molecule has 0 unspecified atom stereocenters. The number of benzene rings is 2. The van der Waals surface area contributed by atoms with E-state index in [2.05, 4.69) is 20.3 Å². The fourth-order valence-corrected chi connectivity index (χ4v) is 4.97. The van der Waals surface area contributed by atoms with E-state index in [4.69, 9.17) is 11.6 Å². The molecule has 0 radical (unpaired) electrons. The van der Waals surface area contributed by atoms with Gasteiger partial charge >= 0.3 is 6.03 Å². The van der Waals surface area contributed by atoms with Gasteiger partial charge in [-0.2, -0.15) is 9.61 Å². The Bertz CT molecular complexity index is 1450. The van der Waals surface area contributed by atoms with E-state index in [0.717, 1.165) is 11.1 Å². The third-order valence-electron chi connectivity index (χ3n) is 5.86. The molecule has 0 atom stereocenters. The van der Waals surface area contributed by atoms with Gasteiger partial charge in [0.15, 0.2) is 0 Å². The Kier molecular flexibility index (Phi) is 6.50. The van der Waals surface area contributed by atoms with Crippen LogP contribution in [0.5, 0.6) is 0 Å². The zero-order valence-corrected chi connectivity index (χ0v) is 20.4. The van der Waals surface area contributed by atoms with Crippen LogP contribution in [0.25, 0.3) is 15.5 Å². The molecule has 2 aromatic heterocycles. The van der Waals surface area contributed by atoms with Gasteiger partial charge in [0, 0.05) is 55.1 Å². The molecule has 4 aromatic rings. The standard InChI is InChI=1S/C24H22ClFN6O2S/c1-15-2-7-18(12-20(15)25)27-23(34)31-10-8-30(9-11-31)14-19-13-21(33)32-24(28-19)35-22(29-32)16-3-5-17(26)6-4-16/h2-7,12-13H,8-11,14H2,1H3,(H,27,34). The first-order chi connectivity index (χ1) is 16.9. The Morgan fingerprint density at radius 2 is 1.86 bits per heavy atom. The van der Waals surface area contributed by atoms with Gasteiger partial charge in [0.25, 0.3) is 5.56 Å². The molecule has 5 rings (SSSR count). The van der Waals surface area contributed by atoms with Gasteiger partial charge in [0.1, 0.15) is 10.8 Å².